The van der Waals surface area contributed by atoms with Crippen LogP contribution >= 0.6 is 11.3 Å². The summed E-state index contributed by atoms with van der Waals surface area (Å²) in [7, 11) is 0. The van der Waals surface area contributed by atoms with E-state index in [1.54, 1.807) is 11.0 Å². The number of hydrogen-bond acceptors (Lipinski definition) is 4. The number of nitrogens with one attached hydrogen (secondary N) is 1. The number of aryl methyl sites for hydroxylation is 1. The van der Waals surface area contributed by atoms with Crippen molar-refractivity contribution in [1.29, 1.82) is 0 Å². The summed E-state index contributed by atoms with van der Waals surface area (Å²) in [6.07, 6.45) is 2.45. The maximum Gasteiger partial charge on any atom is 0.264 e. The molecular formula is C20H22N4O2S. The number of nitrogens with zero attached hydrogens (tertiary/aromatic N) is 3. The highest BCUT2D eigenvalue weighted by Crippen LogP contribution is 2.25. The summed E-state index contributed by atoms with van der Waals surface area (Å²) in [5.41, 5.74) is 1.87. The summed E-state index contributed by atoms with van der Waals surface area (Å²) in [5, 5.41) is 4.86. The minimum absolute atomic E-state index is 0.0651. The van der Waals surface area contributed by atoms with Gasteiger partial charge in [-0.2, -0.15) is 0 Å². The fourth-order valence-corrected chi connectivity index (χ4v) is 4.32. The molecule has 2 aromatic heterocycles. The van der Waals surface area contributed by atoms with Crippen molar-refractivity contribution in [3.63, 3.8) is 0 Å². The fraction of sp³-hybridized carbons (Fsp3) is 0.350. The molecule has 1 saturated heterocycles. The molecule has 0 unspecified atom stereocenters. The van der Waals surface area contributed by atoms with Gasteiger partial charge in [0.25, 0.3) is 5.91 Å². The zero-order chi connectivity index (χ0) is 18.8. The molecule has 27 heavy (non-hydrogen) atoms. The molecule has 3 heterocycles. The Balaban J connectivity index is 1.57. The number of hydrogen-bond donors (Lipinski definition) is 1. The Morgan fingerprint density at radius 3 is 2.89 bits per heavy atom. The normalized spacial score (nSPS) is 16.8. The lowest BCUT2D eigenvalue weighted by molar-refractivity contribution is -0.119. The van der Waals surface area contributed by atoms with Crippen LogP contribution in [0, 0.1) is 0 Å². The molecule has 0 radical (unpaired) electrons. The van der Waals surface area contributed by atoms with E-state index in [2.05, 4.69) is 17.2 Å². The molecule has 7 heteroatoms. The summed E-state index contributed by atoms with van der Waals surface area (Å²) in [6.45, 7) is 3.48. The lowest BCUT2D eigenvalue weighted by atomic mass is 10.2. The number of anilines is 1. The second-order valence-electron chi connectivity index (χ2n) is 6.70. The van der Waals surface area contributed by atoms with E-state index < -0.39 is 6.04 Å². The lowest BCUT2D eigenvalue weighted by Gasteiger charge is -2.23. The summed E-state index contributed by atoms with van der Waals surface area (Å²) in [5.74, 6) is 0.327. The molecular weight excluding hydrogens is 360 g/mol. The van der Waals surface area contributed by atoms with E-state index in [-0.39, 0.29) is 11.8 Å². The van der Waals surface area contributed by atoms with Gasteiger partial charge in [-0.1, -0.05) is 25.1 Å². The first-order chi connectivity index (χ1) is 13.2. The summed E-state index contributed by atoms with van der Waals surface area (Å²) in [4.78, 5) is 32.7. The molecule has 1 atom stereocenters. The number of thiophene rings is 1. The maximum atomic E-state index is 13.0. The van der Waals surface area contributed by atoms with Crippen molar-refractivity contribution in [2.75, 3.05) is 11.9 Å². The van der Waals surface area contributed by atoms with Crippen molar-refractivity contribution in [2.24, 2.45) is 0 Å². The first kappa shape index (κ1) is 17.7. The molecule has 6 nitrogen and oxygen atoms in total. The van der Waals surface area contributed by atoms with Gasteiger partial charge in [0, 0.05) is 13.1 Å². The Morgan fingerprint density at radius 2 is 2.11 bits per heavy atom. The van der Waals surface area contributed by atoms with E-state index in [1.165, 1.54) is 11.3 Å². The number of carbonyl (C=O) groups is 2. The Morgan fingerprint density at radius 1 is 1.26 bits per heavy atom. The third-order valence-corrected chi connectivity index (χ3v) is 5.74. The quantitative estimate of drug-likeness (QED) is 0.731. The van der Waals surface area contributed by atoms with Crippen LogP contribution in [0.2, 0.25) is 0 Å². The molecule has 140 valence electrons. The Hall–Kier alpha value is -2.67. The van der Waals surface area contributed by atoms with Gasteiger partial charge in [-0.3, -0.25) is 14.9 Å². The third kappa shape index (κ3) is 3.35. The largest absolute Gasteiger partial charge is 0.326 e. The van der Waals surface area contributed by atoms with Gasteiger partial charge in [0.1, 0.15) is 6.04 Å². The van der Waals surface area contributed by atoms with Gasteiger partial charge in [0.15, 0.2) is 0 Å². The summed E-state index contributed by atoms with van der Waals surface area (Å²) < 4.78 is 2.04. The molecule has 1 aromatic carbocycles. The van der Waals surface area contributed by atoms with Crippen LogP contribution in [0.15, 0.2) is 41.8 Å². The number of likely N-dealkylation sites (tertiary alicyclic amines) is 1. The van der Waals surface area contributed by atoms with Crippen LogP contribution in [-0.2, 0) is 11.3 Å². The van der Waals surface area contributed by atoms with E-state index >= 15 is 0 Å². The monoisotopic (exact) mass is 382 g/mol. The summed E-state index contributed by atoms with van der Waals surface area (Å²) >= 11 is 1.41. The number of carbonyl (C=O) groups excluding carboxylic acids is 2. The predicted molar refractivity (Wildman–Crippen MR) is 107 cm³/mol. The van der Waals surface area contributed by atoms with Crippen LogP contribution in [0.25, 0.3) is 11.0 Å². The van der Waals surface area contributed by atoms with Gasteiger partial charge in [0.05, 0.1) is 15.9 Å². The first-order valence-electron chi connectivity index (χ1n) is 9.29. The number of imidazole rings is 1. The van der Waals surface area contributed by atoms with Gasteiger partial charge in [0.2, 0.25) is 11.9 Å². The highest BCUT2D eigenvalue weighted by molar-refractivity contribution is 7.12. The number of aromatic nitrogens is 2. The minimum Gasteiger partial charge on any atom is -0.326 e. The van der Waals surface area contributed by atoms with E-state index in [4.69, 9.17) is 0 Å². The number of amides is 2. The van der Waals surface area contributed by atoms with Crippen LogP contribution in [0.4, 0.5) is 5.95 Å². The molecule has 0 saturated carbocycles. The van der Waals surface area contributed by atoms with Gasteiger partial charge >= 0.3 is 0 Å². The summed E-state index contributed by atoms with van der Waals surface area (Å²) in [6, 6.07) is 11.1. The molecule has 1 fully saturated rings. The second-order valence-corrected chi connectivity index (χ2v) is 7.65. The van der Waals surface area contributed by atoms with Crippen molar-refractivity contribution in [2.45, 2.75) is 38.8 Å². The minimum atomic E-state index is -0.450. The Labute approximate surface area is 161 Å². The van der Waals surface area contributed by atoms with Crippen molar-refractivity contribution in [3.05, 3.63) is 46.7 Å². The molecule has 0 spiro atoms. The standard InChI is InChI=1S/C20H22N4O2S/c1-2-11-24-15-8-4-3-7-14(15)21-20(24)22-18(25)16-9-5-12-23(16)19(26)17-10-6-13-27-17/h3-4,6-8,10,13,16H,2,5,9,11-12H2,1H3,(H,21,22,25)/t16-/m1/s1. The zero-order valence-corrected chi connectivity index (χ0v) is 16.0. The van der Waals surface area contributed by atoms with Crippen molar-refractivity contribution < 1.29 is 9.59 Å². The smallest absolute Gasteiger partial charge is 0.264 e. The average molecular weight is 382 g/mol. The lowest BCUT2D eigenvalue weighted by Crippen LogP contribution is -2.43. The number of para-hydroxylation sites is 2. The highest BCUT2D eigenvalue weighted by Gasteiger charge is 2.35. The average Bonchev–Trinajstić information content (AvgIpc) is 3.42. The van der Waals surface area contributed by atoms with E-state index in [0.717, 1.165) is 30.4 Å². The van der Waals surface area contributed by atoms with E-state index in [0.29, 0.717) is 23.8 Å². The van der Waals surface area contributed by atoms with Crippen LogP contribution in [0.1, 0.15) is 35.9 Å². The maximum absolute atomic E-state index is 13.0. The Kier molecular flexibility index (Phi) is 4.94. The topological polar surface area (TPSA) is 67.2 Å². The molecule has 0 aliphatic carbocycles. The molecule has 3 aromatic rings. The van der Waals surface area contributed by atoms with E-state index in [9.17, 15) is 9.59 Å². The van der Waals surface area contributed by atoms with Crippen LogP contribution in [-0.4, -0.2) is 38.9 Å². The van der Waals surface area contributed by atoms with Gasteiger partial charge in [-0.15, -0.1) is 11.3 Å². The first-order valence-corrected chi connectivity index (χ1v) is 10.2. The van der Waals surface area contributed by atoms with Gasteiger partial charge in [-0.05, 0) is 42.8 Å². The Bertz CT molecular complexity index is 964. The fourth-order valence-electron chi connectivity index (χ4n) is 3.64. The van der Waals surface area contributed by atoms with Crippen LogP contribution in [0.3, 0.4) is 0 Å². The van der Waals surface area contributed by atoms with Gasteiger partial charge < -0.3 is 9.47 Å². The van der Waals surface area contributed by atoms with Crippen molar-refractivity contribution in [3.8, 4) is 0 Å². The second kappa shape index (κ2) is 7.52. The molecule has 4 rings (SSSR count). The van der Waals surface area contributed by atoms with Crippen LogP contribution in [0.5, 0.6) is 0 Å². The predicted octanol–water partition coefficient (Wildman–Crippen LogP) is 3.75. The zero-order valence-electron chi connectivity index (χ0n) is 15.2. The van der Waals surface area contributed by atoms with Gasteiger partial charge in [-0.25, -0.2) is 4.98 Å². The number of benzene rings is 1. The third-order valence-electron chi connectivity index (χ3n) is 4.89. The van der Waals surface area contributed by atoms with E-state index in [1.807, 2.05) is 40.3 Å². The molecule has 1 N–H and O–H groups in total. The molecule has 2 amide bonds. The van der Waals surface area contributed by atoms with Crippen molar-refractivity contribution in [1.82, 2.24) is 14.5 Å². The molecule has 1 aliphatic heterocycles. The van der Waals surface area contributed by atoms with Crippen LogP contribution < -0.4 is 5.32 Å². The number of rotatable bonds is 5. The number of fused-ring (bicyclic) bond motifs is 1. The SMILES string of the molecule is CCCn1c(NC(=O)[C@H]2CCCN2C(=O)c2cccs2)nc2ccccc21. The van der Waals surface area contributed by atoms with Crippen molar-refractivity contribution >= 4 is 40.1 Å². The molecule has 1 aliphatic rings. The highest BCUT2D eigenvalue weighted by atomic mass is 32.1. The molecule has 0 bridgehead atoms.